The van der Waals surface area contributed by atoms with Gasteiger partial charge in [0.2, 0.25) is 0 Å². The first-order chi connectivity index (χ1) is 14.5. The largest absolute Gasteiger partial charge is 0.389 e. The SMILES string of the molecule is Cc1nc2ccc(C(=O)N[C@H]3CCC[C@H](n4cnc5c(N)ncnc54)[C@H]3O)cc2[nH]1. The summed E-state index contributed by atoms with van der Waals surface area (Å²) in [6, 6.07) is 4.69. The lowest BCUT2D eigenvalue weighted by molar-refractivity contribution is 0.0410. The standard InChI is InChI=1S/C20H22N8O2/c1-10-25-12-6-5-11(7-14(12)26-10)20(30)27-13-3-2-4-15(17(13)29)28-9-24-16-18(21)22-8-23-19(16)28/h5-9,13,15,17,29H,2-4H2,1H3,(H,25,26)(H,27,30)(H2,21,22,23)/t13-,15-,17-/m0/s1. The number of aromatic nitrogens is 6. The van der Waals surface area contributed by atoms with Gasteiger partial charge >= 0.3 is 0 Å². The number of H-pyrrole nitrogens is 1. The Hall–Kier alpha value is -3.53. The van der Waals surface area contributed by atoms with Crippen LogP contribution in [0.15, 0.2) is 30.9 Å². The van der Waals surface area contributed by atoms with Crippen LogP contribution in [0.4, 0.5) is 5.82 Å². The highest BCUT2D eigenvalue weighted by atomic mass is 16.3. The van der Waals surface area contributed by atoms with Gasteiger partial charge < -0.3 is 25.7 Å². The molecule has 1 aliphatic carbocycles. The third-order valence-electron chi connectivity index (χ3n) is 5.74. The number of nitrogens with zero attached hydrogens (tertiary/aromatic N) is 5. The van der Waals surface area contributed by atoms with Crippen LogP contribution in [-0.4, -0.2) is 52.6 Å². The Bertz CT molecular complexity index is 1250. The van der Waals surface area contributed by atoms with Gasteiger partial charge in [-0.1, -0.05) is 0 Å². The minimum Gasteiger partial charge on any atom is -0.389 e. The van der Waals surface area contributed by atoms with Crippen LogP contribution in [0.25, 0.3) is 22.2 Å². The van der Waals surface area contributed by atoms with E-state index in [9.17, 15) is 9.90 Å². The number of fused-ring (bicyclic) bond motifs is 2. The normalized spacial score (nSPS) is 21.9. The fourth-order valence-electron chi connectivity index (χ4n) is 4.26. The van der Waals surface area contributed by atoms with Crippen molar-refractivity contribution < 1.29 is 9.90 Å². The first-order valence-electron chi connectivity index (χ1n) is 9.89. The lowest BCUT2D eigenvalue weighted by Crippen LogP contribution is -2.49. The van der Waals surface area contributed by atoms with Gasteiger partial charge in [0.05, 0.1) is 35.5 Å². The first-order valence-corrected chi connectivity index (χ1v) is 9.89. The molecule has 0 unspecified atom stereocenters. The molecule has 4 aromatic rings. The molecule has 3 heterocycles. The number of anilines is 1. The molecule has 0 saturated heterocycles. The number of amides is 1. The predicted octanol–water partition coefficient (Wildman–Crippen LogP) is 1.48. The van der Waals surface area contributed by atoms with E-state index in [0.29, 0.717) is 29.0 Å². The number of aryl methyl sites for hydroxylation is 1. The van der Waals surface area contributed by atoms with Gasteiger partial charge in [0.25, 0.3) is 5.91 Å². The fourth-order valence-corrected chi connectivity index (χ4v) is 4.26. The van der Waals surface area contributed by atoms with Crippen LogP contribution < -0.4 is 11.1 Å². The molecule has 30 heavy (non-hydrogen) atoms. The van der Waals surface area contributed by atoms with Crippen molar-refractivity contribution >= 4 is 33.9 Å². The van der Waals surface area contributed by atoms with E-state index in [-0.39, 0.29) is 18.0 Å². The number of nitrogen functional groups attached to an aromatic ring is 1. The lowest BCUT2D eigenvalue weighted by atomic mass is 9.87. The molecule has 0 aliphatic heterocycles. The summed E-state index contributed by atoms with van der Waals surface area (Å²) >= 11 is 0. The molecule has 0 spiro atoms. The summed E-state index contributed by atoms with van der Waals surface area (Å²) in [4.78, 5) is 32.9. The Morgan fingerprint density at radius 2 is 2.17 bits per heavy atom. The summed E-state index contributed by atoms with van der Waals surface area (Å²) in [5.74, 6) is 0.874. The van der Waals surface area contributed by atoms with Crippen LogP contribution in [0.1, 0.15) is 41.5 Å². The zero-order chi connectivity index (χ0) is 20.8. The first kappa shape index (κ1) is 18.5. The number of aromatic amines is 1. The Labute approximate surface area is 171 Å². The van der Waals surface area contributed by atoms with Gasteiger partial charge in [0.15, 0.2) is 11.5 Å². The number of hydrogen-bond donors (Lipinski definition) is 4. The molecule has 5 N–H and O–H groups in total. The van der Waals surface area contributed by atoms with Crippen molar-refractivity contribution in [1.29, 1.82) is 0 Å². The van der Waals surface area contributed by atoms with E-state index < -0.39 is 6.10 Å². The number of aliphatic hydroxyl groups is 1. The molecule has 0 bridgehead atoms. The van der Waals surface area contributed by atoms with Crippen LogP contribution in [0.2, 0.25) is 0 Å². The second-order valence-corrected chi connectivity index (χ2v) is 7.71. The number of imidazole rings is 2. The van der Waals surface area contributed by atoms with Gasteiger partial charge in [-0.3, -0.25) is 4.79 Å². The number of rotatable bonds is 3. The number of carbonyl (C=O) groups excluding carboxylic acids is 1. The van der Waals surface area contributed by atoms with Crippen LogP contribution in [0.3, 0.4) is 0 Å². The maximum absolute atomic E-state index is 12.8. The fraction of sp³-hybridized carbons (Fsp3) is 0.350. The monoisotopic (exact) mass is 406 g/mol. The van der Waals surface area contributed by atoms with Crippen molar-refractivity contribution in [3.63, 3.8) is 0 Å². The van der Waals surface area contributed by atoms with Crippen molar-refractivity contribution in [2.45, 2.75) is 44.4 Å². The molecular formula is C20H22N8O2. The van der Waals surface area contributed by atoms with Crippen molar-refractivity contribution in [2.75, 3.05) is 5.73 Å². The zero-order valence-corrected chi connectivity index (χ0v) is 16.4. The minimum absolute atomic E-state index is 0.226. The smallest absolute Gasteiger partial charge is 0.251 e. The molecule has 10 nitrogen and oxygen atoms in total. The quantitative estimate of drug-likeness (QED) is 0.403. The van der Waals surface area contributed by atoms with Crippen LogP contribution in [0.5, 0.6) is 0 Å². The Morgan fingerprint density at radius 3 is 3.03 bits per heavy atom. The summed E-state index contributed by atoms with van der Waals surface area (Å²) in [6.07, 6.45) is 4.53. The molecule has 1 aromatic carbocycles. The minimum atomic E-state index is -0.783. The third kappa shape index (κ3) is 3.05. The molecule has 1 saturated carbocycles. The molecule has 10 heteroatoms. The lowest BCUT2D eigenvalue weighted by Gasteiger charge is -2.36. The van der Waals surface area contributed by atoms with E-state index in [1.165, 1.54) is 6.33 Å². The topological polar surface area (TPSA) is 148 Å². The summed E-state index contributed by atoms with van der Waals surface area (Å²) in [6.45, 7) is 1.87. The molecule has 1 amide bonds. The molecule has 154 valence electrons. The van der Waals surface area contributed by atoms with E-state index in [4.69, 9.17) is 5.73 Å². The highest BCUT2D eigenvalue weighted by Crippen LogP contribution is 2.32. The van der Waals surface area contributed by atoms with Crippen LogP contribution in [-0.2, 0) is 0 Å². The average Bonchev–Trinajstić information content (AvgIpc) is 3.32. The van der Waals surface area contributed by atoms with Gasteiger partial charge in [-0.15, -0.1) is 0 Å². The second kappa shape index (κ2) is 7.06. The zero-order valence-electron chi connectivity index (χ0n) is 16.4. The summed E-state index contributed by atoms with van der Waals surface area (Å²) in [7, 11) is 0. The summed E-state index contributed by atoms with van der Waals surface area (Å²) in [5.41, 5.74) is 9.12. The van der Waals surface area contributed by atoms with E-state index >= 15 is 0 Å². The highest BCUT2D eigenvalue weighted by Gasteiger charge is 2.35. The Balaban J connectivity index is 1.38. The number of nitrogens with two attached hydrogens (primary N) is 1. The van der Waals surface area contributed by atoms with Crippen LogP contribution >= 0.6 is 0 Å². The average molecular weight is 406 g/mol. The van der Waals surface area contributed by atoms with E-state index in [1.807, 2.05) is 17.6 Å². The number of benzene rings is 1. The maximum Gasteiger partial charge on any atom is 0.251 e. The van der Waals surface area contributed by atoms with Crippen molar-refractivity contribution in [3.8, 4) is 0 Å². The molecule has 1 fully saturated rings. The van der Waals surface area contributed by atoms with Gasteiger partial charge in [-0.2, -0.15) is 0 Å². The van der Waals surface area contributed by atoms with Crippen molar-refractivity contribution in [3.05, 3.63) is 42.2 Å². The predicted molar refractivity (Wildman–Crippen MR) is 111 cm³/mol. The third-order valence-corrected chi connectivity index (χ3v) is 5.74. The van der Waals surface area contributed by atoms with Gasteiger partial charge in [-0.25, -0.2) is 19.9 Å². The van der Waals surface area contributed by atoms with E-state index in [0.717, 1.165) is 29.7 Å². The maximum atomic E-state index is 12.8. The molecule has 5 rings (SSSR count). The van der Waals surface area contributed by atoms with Gasteiger partial charge in [-0.05, 0) is 44.4 Å². The number of nitrogens with one attached hydrogen (secondary N) is 2. The van der Waals surface area contributed by atoms with E-state index in [1.54, 1.807) is 18.5 Å². The van der Waals surface area contributed by atoms with Crippen molar-refractivity contribution in [1.82, 2.24) is 34.8 Å². The summed E-state index contributed by atoms with van der Waals surface area (Å²) in [5, 5.41) is 14.0. The molecule has 3 aromatic heterocycles. The van der Waals surface area contributed by atoms with Crippen molar-refractivity contribution in [2.24, 2.45) is 0 Å². The van der Waals surface area contributed by atoms with Crippen LogP contribution in [0, 0.1) is 6.92 Å². The summed E-state index contributed by atoms with van der Waals surface area (Å²) < 4.78 is 1.83. The molecular weight excluding hydrogens is 384 g/mol. The number of carbonyl (C=O) groups is 1. The number of aliphatic hydroxyl groups excluding tert-OH is 1. The van der Waals surface area contributed by atoms with Gasteiger partial charge in [0.1, 0.15) is 17.7 Å². The van der Waals surface area contributed by atoms with E-state index in [2.05, 4.69) is 30.2 Å². The molecule has 1 aliphatic rings. The Kier molecular flexibility index (Phi) is 4.35. The highest BCUT2D eigenvalue weighted by molar-refractivity contribution is 5.97. The Morgan fingerprint density at radius 1 is 1.30 bits per heavy atom. The second-order valence-electron chi connectivity index (χ2n) is 7.71. The molecule has 3 atom stereocenters. The number of hydrogen-bond acceptors (Lipinski definition) is 7. The van der Waals surface area contributed by atoms with Gasteiger partial charge in [0, 0.05) is 5.56 Å². The molecule has 0 radical (unpaired) electrons.